The molecule has 5 aromatic rings. The van der Waals surface area contributed by atoms with Crippen molar-refractivity contribution < 1.29 is 13.6 Å². The van der Waals surface area contributed by atoms with Crippen LogP contribution in [0.25, 0.3) is 28.6 Å². The first-order chi connectivity index (χ1) is 18.0. The Bertz CT molecular complexity index is 1570. The molecule has 0 radical (unpaired) electrons. The van der Waals surface area contributed by atoms with Crippen molar-refractivity contribution in [2.24, 2.45) is 7.05 Å². The van der Waals surface area contributed by atoms with Crippen molar-refractivity contribution in [3.05, 3.63) is 83.2 Å². The van der Waals surface area contributed by atoms with E-state index in [-0.39, 0.29) is 17.2 Å². The van der Waals surface area contributed by atoms with Gasteiger partial charge in [-0.25, -0.2) is 9.67 Å². The number of thioether (sulfide) groups is 1. The van der Waals surface area contributed by atoms with Gasteiger partial charge in [0.15, 0.2) is 17.2 Å². The SMILES string of the molecule is CCC(Sc1nnc(-c2ccco2)c(-c2ccco2)n1)C(=O)Nc1c(C)n(C)n(-c2ccccc2)c1=O. The highest BCUT2D eigenvalue weighted by molar-refractivity contribution is 8.00. The molecule has 0 aliphatic carbocycles. The molecule has 0 saturated carbocycles. The van der Waals surface area contributed by atoms with Crippen molar-refractivity contribution in [1.29, 1.82) is 0 Å². The summed E-state index contributed by atoms with van der Waals surface area (Å²) in [5.41, 5.74) is 2.17. The van der Waals surface area contributed by atoms with Gasteiger partial charge in [0.25, 0.3) is 5.56 Å². The van der Waals surface area contributed by atoms with Crippen LogP contribution < -0.4 is 10.9 Å². The third-order valence-electron chi connectivity index (χ3n) is 5.89. The van der Waals surface area contributed by atoms with E-state index in [1.807, 2.05) is 37.3 Å². The smallest absolute Gasteiger partial charge is 0.295 e. The van der Waals surface area contributed by atoms with Gasteiger partial charge in [-0.2, -0.15) is 0 Å². The van der Waals surface area contributed by atoms with Gasteiger partial charge in [-0.15, -0.1) is 10.2 Å². The Morgan fingerprint density at radius 1 is 1.00 bits per heavy atom. The van der Waals surface area contributed by atoms with Crippen LogP contribution >= 0.6 is 11.8 Å². The molecule has 1 atom stereocenters. The molecule has 11 heteroatoms. The third-order valence-corrected chi connectivity index (χ3v) is 7.11. The molecule has 1 aromatic carbocycles. The minimum Gasteiger partial charge on any atom is -0.463 e. The highest BCUT2D eigenvalue weighted by atomic mass is 32.2. The Kier molecular flexibility index (Phi) is 6.78. The molecule has 0 aliphatic heterocycles. The zero-order chi connectivity index (χ0) is 25.9. The number of carbonyl (C=O) groups is 1. The zero-order valence-corrected chi connectivity index (χ0v) is 21.2. The van der Waals surface area contributed by atoms with Crippen LogP contribution in [0.1, 0.15) is 19.0 Å². The first-order valence-electron chi connectivity index (χ1n) is 11.6. The molecule has 37 heavy (non-hydrogen) atoms. The average Bonchev–Trinajstić information content (AvgIpc) is 3.68. The van der Waals surface area contributed by atoms with Crippen molar-refractivity contribution in [2.75, 3.05) is 5.32 Å². The van der Waals surface area contributed by atoms with Gasteiger partial charge >= 0.3 is 0 Å². The second-order valence-electron chi connectivity index (χ2n) is 8.19. The third kappa shape index (κ3) is 4.73. The molecule has 0 bridgehead atoms. The van der Waals surface area contributed by atoms with E-state index in [0.717, 1.165) is 0 Å². The number of carbonyl (C=O) groups excluding carboxylic acids is 1. The number of nitrogens with one attached hydrogen (secondary N) is 1. The summed E-state index contributed by atoms with van der Waals surface area (Å²) in [6.07, 6.45) is 3.57. The number of para-hydroxylation sites is 1. The lowest BCUT2D eigenvalue weighted by atomic mass is 10.2. The molecule has 0 saturated heterocycles. The van der Waals surface area contributed by atoms with Crippen molar-refractivity contribution in [3.63, 3.8) is 0 Å². The van der Waals surface area contributed by atoms with Crippen LogP contribution in [0.5, 0.6) is 0 Å². The lowest BCUT2D eigenvalue weighted by Crippen LogP contribution is -2.28. The summed E-state index contributed by atoms with van der Waals surface area (Å²) in [4.78, 5) is 31.1. The standard InChI is InChI=1S/C26H24N6O4S/c1-4-20(24(33)27-21-16(2)31(3)32(25(21)34)17-10-6-5-7-11-17)37-26-28-22(18-12-8-14-35-18)23(29-30-26)19-13-9-15-36-19/h5-15,20H,4H2,1-3H3,(H,27,33). The van der Waals surface area contributed by atoms with Gasteiger partial charge < -0.3 is 14.2 Å². The number of benzene rings is 1. The van der Waals surface area contributed by atoms with Crippen molar-refractivity contribution in [2.45, 2.75) is 30.7 Å². The van der Waals surface area contributed by atoms with E-state index in [9.17, 15) is 9.59 Å². The van der Waals surface area contributed by atoms with Crippen LogP contribution in [-0.4, -0.2) is 35.7 Å². The second-order valence-corrected chi connectivity index (χ2v) is 9.36. The fourth-order valence-corrected chi connectivity index (χ4v) is 4.71. The second kappa shape index (κ2) is 10.3. The van der Waals surface area contributed by atoms with E-state index in [1.165, 1.54) is 16.4 Å². The van der Waals surface area contributed by atoms with E-state index < -0.39 is 5.25 Å². The van der Waals surface area contributed by atoms with Crippen molar-refractivity contribution >= 4 is 23.4 Å². The molecule has 188 valence electrons. The number of aromatic nitrogens is 5. The van der Waals surface area contributed by atoms with Gasteiger partial charge in [-0.3, -0.25) is 14.3 Å². The Morgan fingerprint density at radius 2 is 1.68 bits per heavy atom. The molecule has 4 aromatic heterocycles. The summed E-state index contributed by atoms with van der Waals surface area (Å²) < 4.78 is 14.3. The fourth-order valence-electron chi connectivity index (χ4n) is 3.89. The molecule has 5 rings (SSSR count). The highest BCUT2D eigenvalue weighted by Gasteiger charge is 2.25. The number of amides is 1. The number of nitrogens with zero attached hydrogens (tertiary/aromatic N) is 5. The maximum Gasteiger partial charge on any atom is 0.295 e. The Labute approximate surface area is 216 Å². The van der Waals surface area contributed by atoms with Gasteiger partial charge in [-0.05, 0) is 49.7 Å². The van der Waals surface area contributed by atoms with E-state index in [4.69, 9.17) is 8.83 Å². The van der Waals surface area contributed by atoms with E-state index >= 15 is 0 Å². The molecule has 0 aliphatic rings. The average molecular weight is 517 g/mol. The maximum absolute atomic E-state index is 13.3. The molecular formula is C26H24N6O4S. The maximum atomic E-state index is 13.3. The zero-order valence-electron chi connectivity index (χ0n) is 20.4. The van der Waals surface area contributed by atoms with Crippen molar-refractivity contribution in [3.8, 4) is 28.6 Å². The summed E-state index contributed by atoms with van der Waals surface area (Å²) in [7, 11) is 1.78. The monoisotopic (exact) mass is 516 g/mol. The van der Waals surface area contributed by atoms with E-state index in [2.05, 4.69) is 20.5 Å². The minimum absolute atomic E-state index is 0.235. The van der Waals surface area contributed by atoms with Gasteiger partial charge in [0.1, 0.15) is 11.4 Å². The summed E-state index contributed by atoms with van der Waals surface area (Å²) in [5, 5.41) is 11.1. The summed E-state index contributed by atoms with van der Waals surface area (Å²) in [6, 6.07) is 16.3. The summed E-state index contributed by atoms with van der Waals surface area (Å²) in [6.45, 7) is 3.68. The van der Waals surface area contributed by atoms with Gasteiger partial charge in [0, 0.05) is 7.05 Å². The van der Waals surface area contributed by atoms with E-state index in [1.54, 1.807) is 55.4 Å². The van der Waals surface area contributed by atoms with Gasteiger partial charge in [0.05, 0.1) is 29.2 Å². The normalized spacial score (nSPS) is 12.0. The van der Waals surface area contributed by atoms with Crippen LogP contribution in [-0.2, 0) is 11.8 Å². The van der Waals surface area contributed by atoms with Crippen molar-refractivity contribution in [1.82, 2.24) is 24.5 Å². The Balaban J connectivity index is 1.41. The molecule has 10 nitrogen and oxygen atoms in total. The van der Waals surface area contributed by atoms with Crippen LogP contribution in [0.2, 0.25) is 0 Å². The molecule has 0 spiro atoms. The Hall–Kier alpha value is -4.38. The predicted octanol–water partition coefficient (Wildman–Crippen LogP) is 4.70. The summed E-state index contributed by atoms with van der Waals surface area (Å²) in [5.74, 6) is 0.681. The molecule has 1 unspecified atom stereocenters. The predicted molar refractivity (Wildman–Crippen MR) is 140 cm³/mol. The lowest BCUT2D eigenvalue weighted by molar-refractivity contribution is -0.115. The van der Waals surface area contributed by atoms with Gasteiger partial charge in [-0.1, -0.05) is 36.9 Å². The number of furan rings is 2. The fraction of sp³-hybridized carbons (Fsp3) is 0.192. The molecule has 1 amide bonds. The molecule has 4 heterocycles. The largest absolute Gasteiger partial charge is 0.463 e. The van der Waals surface area contributed by atoms with Crippen LogP contribution in [0.15, 0.2) is 85.9 Å². The summed E-state index contributed by atoms with van der Waals surface area (Å²) >= 11 is 1.17. The van der Waals surface area contributed by atoms with Crippen LogP contribution in [0, 0.1) is 6.92 Å². The van der Waals surface area contributed by atoms with Crippen LogP contribution in [0.4, 0.5) is 5.69 Å². The number of hydrogen-bond acceptors (Lipinski definition) is 8. The molecule has 0 fully saturated rings. The Morgan fingerprint density at radius 3 is 2.30 bits per heavy atom. The number of hydrogen-bond donors (Lipinski definition) is 1. The first-order valence-corrected chi connectivity index (χ1v) is 12.5. The topological polar surface area (TPSA) is 121 Å². The number of anilines is 1. The molecule has 1 N–H and O–H groups in total. The lowest BCUT2D eigenvalue weighted by Gasteiger charge is -2.13. The quantitative estimate of drug-likeness (QED) is 0.295. The van der Waals surface area contributed by atoms with Crippen LogP contribution in [0.3, 0.4) is 0 Å². The van der Waals surface area contributed by atoms with Gasteiger partial charge in [0.2, 0.25) is 11.1 Å². The highest BCUT2D eigenvalue weighted by Crippen LogP contribution is 2.32. The molecular weight excluding hydrogens is 492 g/mol. The van der Waals surface area contributed by atoms with E-state index in [0.29, 0.717) is 45.9 Å². The first kappa shape index (κ1) is 24.3. The number of rotatable bonds is 8. The minimum atomic E-state index is -0.565.